The number of benzene rings is 3. The standard InChI is InChI=1S/C25H25FN2O/c26-23-13-7-8-14-24(23)27-15-17-28(18-16-27)25(29)19-22(20-9-3-1-4-10-20)21-11-5-2-6-12-21/h1-14,22H,15-19H2. The van der Waals surface area contributed by atoms with Crippen LogP contribution in [0.25, 0.3) is 0 Å². The summed E-state index contributed by atoms with van der Waals surface area (Å²) in [5.41, 5.74) is 2.92. The van der Waals surface area contributed by atoms with Crippen molar-refractivity contribution in [2.75, 3.05) is 31.1 Å². The lowest BCUT2D eigenvalue weighted by Crippen LogP contribution is -2.49. The quantitative estimate of drug-likeness (QED) is 0.633. The number of rotatable bonds is 5. The molecule has 1 amide bonds. The highest BCUT2D eigenvalue weighted by Gasteiger charge is 2.26. The first kappa shape index (κ1) is 19.2. The van der Waals surface area contributed by atoms with Gasteiger partial charge in [0.1, 0.15) is 5.82 Å². The predicted molar refractivity (Wildman–Crippen MR) is 115 cm³/mol. The average Bonchev–Trinajstić information content (AvgIpc) is 2.79. The van der Waals surface area contributed by atoms with Gasteiger partial charge >= 0.3 is 0 Å². The van der Waals surface area contributed by atoms with E-state index in [1.165, 1.54) is 6.07 Å². The highest BCUT2D eigenvalue weighted by molar-refractivity contribution is 5.78. The molecule has 3 aromatic carbocycles. The van der Waals surface area contributed by atoms with Gasteiger partial charge in [-0.15, -0.1) is 0 Å². The second kappa shape index (κ2) is 8.91. The molecule has 0 spiro atoms. The number of amides is 1. The van der Waals surface area contributed by atoms with Crippen molar-refractivity contribution in [3.05, 3.63) is 102 Å². The number of hydrogen-bond donors (Lipinski definition) is 0. The van der Waals surface area contributed by atoms with Gasteiger partial charge in [0.05, 0.1) is 5.69 Å². The van der Waals surface area contributed by atoms with Crippen LogP contribution in [0.2, 0.25) is 0 Å². The Balaban J connectivity index is 1.44. The summed E-state index contributed by atoms with van der Waals surface area (Å²) in [6, 6.07) is 27.2. The van der Waals surface area contributed by atoms with E-state index in [4.69, 9.17) is 0 Å². The van der Waals surface area contributed by atoms with E-state index in [9.17, 15) is 9.18 Å². The number of hydrogen-bond acceptors (Lipinski definition) is 2. The Morgan fingerprint density at radius 2 is 1.28 bits per heavy atom. The Bertz CT molecular complexity index is 898. The molecule has 0 atom stereocenters. The molecular weight excluding hydrogens is 363 g/mol. The van der Waals surface area contributed by atoms with Gasteiger partial charge in [-0.3, -0.25) is 4.79 Å². The first-order valence-electron chi connectivity index (χ1n) is 10.1. The minimum atomic E-state index is -0.208. The average molecular weight is 388 g/mol. The fourth-order valence-electron chi connectivity index (χ4n) is 4.01. The number of piperazine rings is 1. The van der Waals surface area contributed by atoms with E-state index in [0.29, 0.717) is 38.3 Å². The van der Waals surface area contributed by atoms with Crippen molar-refractivity contribution >= 4 is 11.6 Å². The maximum atomic E-state index is 14.1. The number of para-hydroxylation sites is 1. The molecule has 3 aromatic rings. The molecule has 1 aliphatic rings. The Morgan fingerprint density at radius 1 is 0.759 bits per heavy atom. The van der Waals surface area contributed by atoms with Crippen LogP contribution in [-0.2, 0) is 4.79 Å². The van der Waals surface area contributed by atoms with Crippen LogP contribution in [0.3, 0.4) is 0 Å². The molecule has 0 aliphatic carbocycles. The molecule has 4 rings (SSSR count). The highest BCUT2D eigenvalue weighted by Crippen LogP contribution is 2.29. The monoisotopic (exact) mass is 388 g/mol. The van der Waals surface area contributed by atoms with Crippen LogP contribution in [0.15, 0.2) is 84.9 Å². The van der Waals surface area contributed by atoms with E-state index in [1.54, 1.807) is 12.1 Å². The van der Waals surface area contributed by atoms with E-state index >= 15 is 0 Å². The lowest BCUT2D eigenvalue weighted by atomic mass is 9.88. The minimum absolute atomic E-state index is 0.0366. The maximum Gasteiger partial charge on any atom is 0.223 e. The number of carbonyl (C=O) groups is 1. The second-order valence-corrected chi connectivity index (χ2v) is 7.40. The molecule has 1 heterocycles. The molecule has 0 unspecified atom stereocenters. The zero-order chi connectivity index (χ0) is 20.1. The van der Waals surface area contributed by atoms with Crippen molar-refractivity contribution < 1.29 is 9.18 Å². The Kier molecular flexibility index (Phi) is 5.89. The van der Waals surface area contributed by atoms with Crippen molar-refractivity contribution in [1.82, 2.24) is 4.90 Å². The first-order chi connectivity index (χ1) is 14.2. The number of halogens is 1. The molecule has 1 saturated heterocycles. The normalized spacial score (nSPS) is 14.3. The third kappa shape index (κ3) is 4.48. The number of carbonyl (C=O) groups excluding carboxylic acids is 1. The van der Waals surface area contributed by atoms with Crippen LogP contribution in [0.5, 0.6) is 0 Å². The van der Waals surface area contributed by atoms with Crippen molar-refractivity contribution in [3.8, 4) is 0 Å². The van der Waals surface area contributed by atoms with Crippen molar-refractivity contribution in [2.24, 2.45) is 0 Å². The molecule has 1 fully saturated rings. The third-order valence-corrected chi connectivity index (χ3v) is 5.61. The van der Waals surface area contributed by atoms with Gasteiger partial charge in [-0.2, -0.15) is 0 Å². The van der Waals surface area contributed by atoms with E-state index in [2.05, 4.69) is 24.3 Å². The smallest absolute Gasteiger partial charge is 0.223 e. The highest BCUT2D eigenvalue weighted by atomic mass is 19.1. The SMILES string of the molecule is O=C(CC(c1ccccc1)c1ccccc1)N1CCN(c2ccccc2F)CC1. The summed E-state index contributed by atoms with van der Waals surface area (Å²) >= 11 is 0. The topological polar surface area (TPSA) is 23.6 Å². The molecule has 3 nitrogen and oxygen atoms in total. The molecule has 0 radical (unpaired) electrons. The summed E-state index contributed by atoms with van der Waals surface area (Å²) in [6.07, 6.45) is 0.438. The predicted octanol–water partition coefficient (Wildman–Crippen LogP) is 4.70. The van der Waals surface area contributed by atoms with E-state index < -0.39 is 0 Å². The molecule has 1 aliphatic heterocycles. The summed E-state index contributed by atoms with van der Waals surface area (Å²) in [5, 5.41) is 0. The van der Waals surface area contributed by atoms with Gasteiger partial charge in [-0.1, -0.05) is 72.8 Å². The van der Waals surface area contributed by atoms with Gasteiger partial charge in [0.2, 0.25) is 5.91 Å². The lowest BCUT2D eigenvalue weighted by Gasteiger charge is -2.36. The molecule has 0 aromatic heterocycles. The zero-order valence-corrected chi connectivity index (χ0v) is 16.4. The number of nitrogens with zero attached hydrogens (tertiary/aromatic N) is 2. The second-order valence-electron chi connectivity index (χ2n) is 7.40. The minimum Gasteiger partial charge on any atom is -0.366 e. The summed E-state index contributed by atoms with van der Waals surface area (Å²) in [6.45, 7) is 2.52. The first-order valence-corrected chi connectivity index (χ1v) is 10.1. The molecule has 148 valence electrons. The molecule has 29 heavy (non-hydrogen) atoms. The van der Waals surface area contributed by atoms with Crippen molar-refractivity contribution in [2.45, 2.75) is 12.3 Å². The molecule has 4 heteroatoms. The maximum absolute atomic E-state index is 14.1. The van der Waals surface area contributed by atoms with Gasteiger partial charge in [0.15, 0.2) is 0 Å². The van der Waals surface area contributed by atoms with Crippen molar-refractivity contribution in [3.63, 3.8) is 0 Å². The summed E-state index contributed by atoms with van der Waals surface area (Å²) in [4.78, 5) is 17.0. The molecule has 0 bridgehead atoms. The third-order valence-electron chi connectivity index (χ3n) is 5.61. The lowest BCUT2D eigenvalue weighted by molar-refractivity contribution is -0.131. The van der Waals surface area contributed by atoms with Crippen LogP contribution in [0.1, 0.15) is 23.5 Å². The fraction of sp³-hybridized carbons (Fsp3) is 0.240. The van der Waals surface area contributed by atoms with Crippen LogP contribution in [0.4, 0.5) is 10.1 Å². The van der Waals surface area contributed by atoms with Gasteiger partial charge < -0.3 is 9.80 Å². The van der Waals surface area contributed by atoms with Gasteiger partial charge in [0.25, 0.3) is 0 Å². The van der Waals surface area contributed by atoms with Crippen LogP contribution in [0, 0.1) is 5.82 Å². The van der Waals surface area contributed by atoms with Gasteiger partial charge in [-0.05, 0) is 23.3 Å². The van der Waals surface area contributed by atoms with Crippen LogP contribution in [-0.4, -0.2) is 37.0 Å². The summed E-state index contributed by atoms with van der Waals surface area (Å²) in [5.74, 6) is -0.0223. The zero-order valence-electron chi connectivity index (χ0n) is 16.4. The summed E-state index contributed by atoms with van der Waals surface area (Å²) in [7, 11) is 0. The van der Waals surface area contributed by atoms with Gasteiger partial charge in [0, 0.05) is 38.5 Å². The van der Waals surface area contributed by atoms with E-state index in [1.807, 2.05) is 52.3 Å². The molecule has 0 saturated carbocycles. The van der Waals surface area contributed by atoms with E-state index in [0.717, 1.165) is 11.1 Å². The van der Waals surface area contributed by atoms with Crippen molar-refractivity contribution in [1.29, 1.82) is 0 Å². The molecular formula is C25H25FN2O. The van der Waals surface area contributed by atoms with Crippen LogP contribution < -0.4 is 4.90 Å². The van der Waals surface area contributed by atoms with Crippen LogP contribution >= 0.6 is 0 Å². The van der Waals surface area contributed by atoms with E-state index in [-0.39, 0.29) is 17.6 Å². The Morgan fingerprint density at radius 3 is 1.83 bits per heavy atom. The Labute approximate surface area is 171 Å². The molecule has 0 N–H and O–H groups in total. The summed E-state index contributed by atoms with van der Waals surface area (Å²) < 4.78 is 14.1. The Hall–Kier alpha value is -3.14. The largest absolute Gasteiger partial charge is 0.366 e. The number of anilines is 1. The fourth-order valence-corrected chi connectivity index (χ4v) is 4.01. The van der Waals surface area contributed by atoms with Gasteiger partial charge in [-0.25, -0.2) is 4.39 Å².